The first-order chi connectivity index (χ1) is 4.81. The number of amides is 1. The quantitative estimate of drug-likeness (QED) is 0.468. The van der Waals surface area contributed by atoms with E-state index >= 15 is 0 Å². The second-order valence-corrected chi connectivity index (χ2v) is 3.84. The summed E-state index contributed by atoms with van der Waals surface area (Å²) in [5.74, 6) is 0.204. The van der Waals surface area contributed by atoms with E-state index in [1.54, 1.807) is 16.7 Å². The monoisotopic (exact) mass is 154 g/mol. The molecule has 2 fully saturated rings. The highest BCUT2D eigenvalue weighted by atomic mass is 32.2. The zero-order valence-electron chi connectivity index (χ0n) is 5.28. The standard InChI is InChI=1S/C6H6N2OS/c7-2-4-3-8-5(9)1-6(8)10-4/h4,6H,1,3H2/t4?,6-/m1/s1. The fourth-order valence-electron chi connectivity index (χ4n) is 1.25. The van der Waals surface area contributed by atoms with Gasteiger partial charge in [0.05, 0.1) is 17.9 Å². The van der Waals surface area contributed by atoms with Crippen molar-refractivity contribution in [2.24, 2.45) is 0 Å². The first kappa shape index (κ1) is 6.05. The van der Waals surface area contributed by atoms with Gasteiger partial charge in [-0.1, -0.05) is 0 Å². The minimum Gasteiger partial charge on any atom is -0.328 e. The fraction of sp³-hybridized carbons (Fsp3) is 0.667. The Bertz CT molecular complexity index is 222. The molecule has 1 amide bonds. The Morgan fingerprint density at radius 1 is 1.80 bits per heavy atom. The minimum absolute atomic E-state index is 0.0245. The number of nitriles is 1. The summed E-state index contributed by atoms with van der Waals surface area (Å²) in [4.78, 5) is 12.6. The van der Waals surface area contributed by atoms with Crippen molar-refractivity contribution in [2.45, 2.75) is 17.0 Å². The van der Waals surface area contributed by atoms with Crippen LogP contribution in [0.4, 0.5) is 0 Å². The van der Waals surface area contributed by atoms with Crippen LogP contribution in [0.15, 0.2) is 0 Å². The van der Waals surface area contributed by atoms with Crippen molar-refractivity contribution in [3.05, 3.63) is 0 Å². The van der Waals surface area contributed by atoms with Crippen molar-refractivity contribution in [3.8, 4) is 6.07 Å². The number of hydrogen-bond acceptors (Lipinski definition) is 3. The van der Waals surface area contributed by atoms with E-state index in [1.807, 2.05) is 0 Å². The molecule has 0 aliphatic carbocycles. The molecular formula is C6H6N2OS. The van der Waals surface area contributed by atoms with Gasteiger partial charge in [-0.25, -0.2) is 0 Å². The molecule has 2 atom stereocenters. The molecule has 2 rings (SSSR count). The van der Waals surface area contributed by atoms with Crippen molar-refractivity contribution < 1.29 is 4.79 Å². The van der Waals surface area contributed by atoms with Crippen molar-refractivity contribution in [1.82, 2.24) is 4.90 Å². The third-order valence-electron chi connectivity index (χ3n) is 1.85. The number of carbonyl (C=O) groups is 1. The molecular weight excluding hydrogens is 148 g/mol. The molecule has 2 saturated heterocycles. The van der Waals surface area contributed by atoms with Gasteiger partial charge in [0, 0.05) is 6.54 Å². The van der Waals surface area contributed by atoms with E-state index in [4.69, 9.17) is 5.26 Å². The lowest BCUT2D eigenvalue weighted by molar-refractivity contribution is -0.140. The SMILES string of the molecule is N#CC1CN2C(=O)C[C@H]2S1. The summed E-state index contributed by atoms with van der Waals surface area (Å²) < 4.78 is 0. The van der Waals surface area contributed by atoms with Gasteiger partial charge in [-0.3, -0.25) is 4.79 Å². The minimum atomic E-state index is 0.0245. The molecule has 0 saturated carbocycles. The van der Waals surface area contributed by atoms with Gasteiger partial charge in [0.15, 0.2) is 0 Å². The number of nitrogens with zero attached hydrogens (tertiary/aromatic N) is 2. The zero-order valence-corrected chi connectivity index (χ0v) is 6.10. The Morgan fingerprint density at radius 2 is 2.60 bits per heavy atom. The van der Waals surface area contributed by atoms with Crippen molar-refractivity contribution in [3.63, 3.8) is 0 Å². The molecule has 4 heteroatoms. The summed E-state index contributed by atoms with van der Waals surface area (Å²) in [7, 11) is 0. The predicted octanol–water partition coefficient (Wildman–Crippen LogP) is 0.184. The summed E-state index contributed by atoms with van der Waals surface area (Å²) in [5, 5.41) is 8.86. The second kappa shape index (κ2) is 1.89. The van der Waals surface area contributed by atoms with E-state index in [1.165, 1.54) is 0 Å². The number of β-lactam (4-membered cyclic amide) rings is 1. The van der Waals surface area contributed by atoms with E-state index in [0.29, 0.717) is 18.3 Å². The Hall–Kier alpha value is -0.690. The molecule has 0 radical (unpaired) electrons. The van der Waals surface area contributed by atoms with Crippen LogP contribution in [0.3, 0.4) is 0 Å². The van der Waals surface area contributed by atoms with Crippen LogP contribution in [-0.4, -0.2) is 28.0 Å². The van der Waals surface area contributed by atoms with Crippen molar-refractivity contribution >= 4 is 17.7 Å². The number of fused-ring (bicyclic) bond motifs is 1. The Balaban J connectivity index is 2.07. The first-order valence-corrected chi connectivity index (χ1v) is 4.10. The van der Waals surface area contributed by atoms with Gasteiger partial charge >= 0.3 is 0 Å². The maximum atomic E-state index is 10.8. The van der Waals surface area contributed by atoms with E-state index in [2.05, 4.69) is 6.07 Å². The predicted molar refractivity (Wildman–Crippen MR) is 37.1 cm³/mol. The molecule has 2 aliphatic rings. The van der Waals surface area contributed by atoms with Crippen molar-refractivity contribution in [1.29, 1.82) is 5.26 Å². The summed E-state index contributed by atoms with van der Waals surface area (Å²) in [5.41, 5.74) is 0. The molecule has 2 aliphatic heterocycles. The largest absolute Gasteiger partial charge is 0.328 e. The molecule has 0 N–H and O–H groups in total. The third kappa shape index (κ3) is 0.641. The van der Waals surface area contributed by atoms with Crippen LogP contribution < -0.4 is 0 Å². The zero-order chi connectivity index (χ0) is 7.14. The second-order valence-electron chi connectivity index (χ2n) is 2.46. The fourth-order valence-corrected chi connectivity index (χ4v) is 2.52. The lowest BCUT2D eigenvalue weighted by Gasteiger charge is -2.32. The number of carbonyl (C=O) groups excluding carboxylic acids is 1. The molecule has 3 nitrogen and oxygen atoms in total. The van der Waals surface area contributed by atoms with Gasteiger partial charge < -0.3 is 4.90 Å². The van der Waals surface area contributed by atoms with Gasteiger partial charge in [0.2, 0.25) is 5.91 Å². The Morgan fingerprint density at radius 3 is 3.10 bits per heavy atom. The topological polar surface area (TPSA) is 44.1 Å². The summed E-state index contributed by atoms with van der Waals surface area (Å²) >= 11 is 1.61. The highest BCUT2D eigenvalue weighted by Crippen LogP contribution is 2.39. The van der Waals surface area contributed by atoms with Crippen LogP contribution in [-0.2, 0) is 4.79 Å². The van der Waals surface area contributed by atoms with Crippen molar-refractivity contribution in [2.75, 3.05) is 6.54 Å². The molecule has 0 aromatic carbocycles. The van der Waals surface area contributed by atoms with Crippen LogP contribution in [0.25, 0.3) is 0 Å². The summed E-state index contributed by atoms with van der Waals surface area (Å²) in [6.07, 6.45) is 0.642. The van der Waals surface area contributed by atoms with Crippen LogP contribution in [0, 0.1) is 11.3 Å². The number of rotatable bonds is 0. The molecule has 0 spiro atoms. The molecule has 52 valence electrons. The highest BCUT2D eigenvalue weighted by molar-refractivity contribution is 8.01. The molecule has 0 aromatic rings. The van der Waals surface area contributed by atoms with Gasteiger partial charge in [-0.2, -0.15) is 5.26 Å². The van der Waals surface area contributed by atoms with Crippen LogP contribution in [0.1, 0.15) is 6.42 Å². The molecule has 1 unspecified atom stereocenters. The van der Waals surface area contributed by atoms with Crippen LogP contribution >= 0.6 is 11.8 Å². The van der Waals surface area contributed by atoms with Gasteiger partial charge in [0.25, 0.3) is 0 Å². The van der Waals surface area contributed by atoms with Crippen LogP contribution in [0.2, 0.25) is 0 Å². The van der Waals surface area contributed by atoms with E-state index in [0.717, 1.165) is 0 Å². The Labute approximate surface area is 63.0 Å². The number of thioether (sulfide) groups is 1. The first-order valence-electron chi connectivity index (χ1n) is 3.16. The molecule has 0 bridgehead atoms. The normalized spacial score (nSPS) is 36.7. The average Bonchev–Trinajstić information content (AvgIpc) is 2.26. The van der Waals surface area contributed by atoms with Crippen LogP contribution in [0.5, 0.6) is 0 Å². The smallest absolute Gasteiger partial charge is 0.226 e. The maximum absolute atomic E-state index is 10.8. The molecule has 2 heterocycles. The van der Waals surface area contributed by atoms with Gasteiger partial charge in [-0.05, 0) is 0 Å². The molecule has 0 aromatic heterocycles. The Kier molecular flexibility index (Phi) is 1.15. The highest BCUT2D eigenvalue weighted by Gasteiger charge is 2.44. The van der Waals surface area contributed by atoms with E-state index in [-0.39, 0.29) is 11.2 Å². The van der Waals surface area contributed by atoms with Gasteiger partial charge in [-0.15, -0.1) is 11.8 Å². The average molecular weight is 154 g/mol. The van der Waals surface area contributed by atoms with E-state index < -0.39 is 0 Å². The number of hydrogen-bond donors (Lipinski definition) is 0. The third-order valence-corrected chi connectivity index (χ3v) is 3.16. The lowest BCUT2D eigenvalue weighted by atomic mass is 10.2. The summed E-state index contributed by atoms with van der Waals surface area (Å²) in [6.45, 7) is 0.644. The summed E-state index contributed by atoms with van der Waals surface area (Å²) in [6, 6.07) is 2.15. The van der Waals surface area contributed by atoms with Gasteiger partial charge in [0.1, 0.15) is 5.25 Å². The lowest BCUT2D eigenvalue weighted by Crippen LogP contribution is -2.47. The maximum Gasteiger partial charge on any atom is 0.226 e. The van der Waals surface area contributed by atoms with E-state index in [9.17, 15) is 4.79 Å². The molecule has 10 heavy (non-hydrogen) atoms.